The number of amides is 1. The maximum absolute atomic E-state index is 12.1. The molecule has 0 aliphatic heterocycles. The molecule has 0 aliphatic carbocycles. The highest BCUT2D eigenvalue weighted by Gasteiger charge is 2.23. The molecule has 0 aliphatic rings. The lowest BCUT2D eigenvalue weighted by Gasteiger charge is -2.14. The molecule has 0 saturated heterocycles. The zero-order chi connectivity index (χ0) is 16.7. The fourth-order valence-corrected chi connectivity index (χ4v) is 1.68. The van der Waals surface area contributed by atoms with Crippen molar-refractivity contribution < 1.29 is 28.6 Å². The van der Waals surface area contributed by atoms with Crippen molar-refractivity contribution >= 4 is 23.5 Å². The second-order valence-corrected chi connectivity index (χ2v) is 4.40. The van der Waals surface area contributed by atoms with E-state index < -0.39 is 23.8 Å². The highest BCUT2D eigenvalue weighted by Crippen LogP contribution is 2.25. The summed E-state index contributed by atoms with van der Waals surface area (Å²) in [5, 5.41) is 2.56. The molecule has 0 radical (unpaired) electrons. The third-order valence-electron chi connectivity index (χ3n) is 2.91. The molecule has 0 saturated carbocycles. The molecule has 0 aromatic carbocycles. The van der Waals surface area contributed by atoms with Gasteiger partial charge in [-0.15, -0.1) is 0 Å². The van der Waals surface area contributed by atoms with E-state index in [-0.39, 0.29) is 23.6 Å². The Labute approximate surface area is 127 Å². The van der Waals surface area contributed by atoms with Crippen LogP contribution in [0.15, 0.2) is 12.3 Å². The Kier molecular flexibility index (Phi) is 6.30. The third kappa shape index (κ3) is 4.18. The van der Waals surface area contributed by atoms with E-state index in [0.29, 0.717) is 0 Å². The van der Waals surface area contributed by atoms with Crippen molar-refractivity contribution in [3.8, 4) is 5.88 Å². The van der Waals surface area contributed by atoms with E-state index in [9.17, 15) is 14.4 Å². The number of methoxy groups -OCH3 is 3. The summed E-state index contributed by atoms with van der Waals surface area (Å²) in [4.78, 5) is 39.0. The summed E-state index contributed by atoms with van der Waals surface area (Å²) < 4.78 is 14.2. The number of pyridine rings is 1. The largest absolute Gasteiger partial charge is 0.480 e. The van der Waals surface area contributed by atoms with Crippen LogP contribution in [0.3, 0.4) is 0 Å². The van der Waals surface area contributed by atoms with Gasteiger partial charge in [-0.3, -0.25) is 9.59 Å². The van der Waals surface area contributed by atoms with Crippen molar-refractivity contribution in [1.82, 2.24) is 4.98 Å². The first-order valence-corrected chi connectivity index (χ1v) is 6.43. The number of carbonyl (C=O) groups excluding carboxylic acids is 3. The normalized spacial score (nSPS) is 11.3. The van der Waals surface area contributed by atoms with E-state index in [0.717, 1.165) is 0 Å². The SMILES string of the molecule is COC(=O)CC(C)C(=O)Nc1ccnc(OC)c1C(=O)OC. The van der Waals surface area contributed by atoms with E-state index >= 15 is 0 Å². The van der Waals surface area contributed by atoms with Gasteiger partial charge in [-0.2, -0.15) is 0 Å². The number of hydrogen-bond acceptors (Lipinski definition) is 7. The molecule has 1 N–H and O–H groups in total. The number of hydrogen-bond donors (Lipinski definition) is 1. The standard InChI is InChI=1S/C14H18N2O6/c1-8(7-10(17)20-2)12(18)16-9-5-6-15-13(21-3)11(9)14(19)22-4/h5-6,8H,7H2,1-4H3,(H,15,16,18). The van der Waals surface area contributed by atoms with Crippen molar-refractivity contribution in [2.75, 3.05) is 26.6 Å². The highest BCUT2D eigenvalue weighted by molar-refractivity contribution is 6.03. The smallest absolute Gasteiger partial charge is 0.345 e. The summed E-state index contributed by atoms with van der Waals surface area (Å²) in [6.45, 7) is 1.57. The minimum absolute atomic E-state index is 0.00566. The van der Waals surface area contributed by atoms with Crippen LogP contribution in [0.1, 0.15) is 23.7 Å². The van der Waals surface area contributed by atoms with Gasteiger partial charge in [-0.25, -0.2) is 9.78 Å². The summed E-state index contributed by atoms with van der Waals surface area (Å²) >= 11 is 0. The molecular weight excluding hydrogens is 292 g/mol. The van der Waals surface area contributed by atoms with Crippen molar-refractivity contribution in [1.29, 1.82) is 0 Å². The van der Waals surface area contributed by atoms with E-state index in [1.807, 2.05) is 0 Å². The summed E-state index contributed by atoms with van der Waals surface area (Å²) in [5.74, 6) is -2.23. The monoisotopic (exact) mass is 310 g/mol. The van der Waals surface area contributed by atoms with Crippen LogP contribution in [0.25, 0.3) is 0 Å². The summed E-state index contributed by atoms with van der Waals surface area (Å²) in [7, 11) is 3.80. The maximum atomic E-state index is 12.1. The summed E-state index contributed by atoms with van der Waals surface area (Å²) in [5.41, 5.74) is 0.200. The number of anilines is 1. The van der Waals surface area contributed by atoms with Gasteiger partial charge in [-0.05, 0) is 6.07 Å². The zero-order valence-corrected chi connectivity index (χ0v) is 12.8. The van der Waals surface area contributed by atoms with E-state index in [1.165, 1.54) is 33.6 Å². The molecule has 22 heavy (non-hydrogen) atoms. The summed E-state index contributed by atoms with van der Waals surface area (Å²) in [6.07, 6.45) is 1.31. The molecule has 8 nitrogen and oxygen atoms in total. The van der Waals surface area contributed by atoms with Crippen LogP contribution >= 0.6 is 0 Å². The fraction of sp³-hybridized carbons (Fsp3) is 0.429. The number of nitrogens with zero attached hydrogens (tertiary/aromatic N) is 1. The molecule has 0 fully saturated rings. The second kappa shape index (κ2) is 7.96. The Morgan fingerprint density at radius 3 is 2.45 bits per heavy atom. The number of carbonyl (C=O) groups is 3. The molecule has 120 valence electrons. The lowest BCUT2D eigenvalue weighted by molar-refractivity contribution is -0.143. The minimum Gasteiger partial charge on any atom is -0.480 e. The van der Waals surface area contributed by atoms with E-state index in [4.69, 9.17) is 4.74 Å². The second-order valence-electron chi connectivity index (χ2n) is 4.40. The molecule has 1 atom stereocenters. The van der Waals surface area contributed by atoms with E-state index in [2.05, 4.69) is 19.8 Å². The Morgan fingerprint density at radius 1 is 1.23 bits per heavy atom. The van der Waals surface area contributed by atoms with Crippen LogP contribution in [-0.4, -0.2) is 44.2 Å². The average Bonchev–Trinajstić information content (AvgIpc) is 2.53. The Balaban J connectivity index is 3.00. The topological polar surface area (TPSA) is 104 Å². The van der Waals surface area contributed by atoms with Gasteiger partial charge in [0.15, 0.2) is 0 Å². The van der Waals surface area contributed by atoms with Crippen LogP contribution < -0.4 is 10.1 Å². The first kappa shape index (κ1) is 17.4. The number of esters is 2. The third-order valence-corrected chi connectivity index (χ3v) is 2.91. The van der Waals surface area contributed by atoms with Gasteiger partial charge in [-0.1, -0.05) is 6.92 Å². The quantitative estimate of drug-likeness (QED) is 0.782. The Bertz CT molecular complexity index is 572. The number of nitrogens with one attached hydrogen (secondary N) is 1. The molecule has 1 rings (SSSR count). The maximum Gasteiger partial charge on any atom is 0.345 e. The molecule has 1 unspecified atom stereocenters. The van der Waals surface area contributed by atoms with Crippen molar-refractivity contribution in [2.45, 2.75) is 13.3 Å². The van der Waals surface area contributed by atoms with Crippen LogP contribution in [0.2, 0.25) is 0 Å². The molecule has 0 bridgehead atoms. The van der Waals surface area contributed by atoms with Gasteiger partial charge in [0, 0.05) is 12.1 Å². The predicted octanol–water partition coefficient (Wildman–Crippen LogP) is 1.01. The van der Waals surface area contributed by atoms with Gasteiger partial charge >= 0.3 is 11.9 Å². The predicted molar refractivity (Wildman–Crippen MR) is 76.6 cm³/mol. The van der Waals surface area contributed by atoms with Crippen LogP contribution in [0.5, 0.6) is 5.88 Å². The van der Waals surface area contributed by atoms with Crippen LogP contribution in [0.4, 0.5) is 5.69 Å². The van der Waals surface area contributed by atoms with Crippen molar-refractivity contribution in [3.05, 3.63) is 17.8 Å². The summed E-state index contributed by atoms with van der Waals surface area (Å²) in [6, 6.07) is 1.44. The zero-order valence-electron chi connectivity index (χ0n) is 12.8. The molecule has 1 heterocycles. The van der Waals surface area contributed by atoms with Gasteiger partial charge in [0.05, 0.1) is 33.4 Å². The van der Waals surface area contributed by atoms with Crippen molar-refractivity contribution in [2.24, 2.45) is 5.92 Å². The van der Waals surface area contributed by atoms with Gasteiger partial charge in [0.25, 0.3) is 0 Å². The number of rotatable bonds is 6. The molecule has 1 aromatic rings. The molecular formula is C14H18N2O6. The van der Waals surface area contributed by atoms with Gasteiger partial charge in [0.1, 0.15) is 5.56 Å². The minimum atomic E-state index is -0.694. The lowest BCUT2D eigenvalue weighted by atomic mass is 10.1. The highest BCUT2D eigenvalue weighted by atomic mass is 16.5. The lowest BCUT2D eigenvalue weighted by Crippen LogP contribution is -2.24. The van der Waals surface area contributed by atoms with Crippen LogP contribution in [0, 0.1) is 5.92 Å². The Morgan fingerprint density at radius 2 is 1.91 bits per heavy atom. The van der Waals surface area contributed by atoms with Crippen LogP contribution in [-0.2, 0) is 19.1 Å². The number of aromatic nitrogens is 1. The molecule has 1 amide bonds. The van der Waals surface area contributed by atoms with Gasteiger partial charge < -0.3 is 19.5 Å². The first-order chi connectivity index (χ1) is 10.4. The number of ether oxygens (including phenoxy) is 3. The van der Waals surface area contributed by atoms with E-state index in [1.54, 1.807) is 6.92 Å². The molecule has 1 aromatic heterocycles. The Hall–Kier alpha value is -2.64. The average molecular weight is 310 g/mol. The molecule has 8 heteroatoms. The first-order valence-electron chi connectivity index (χ1n) is 6.43. The molecule has 0 spiro atoms. The van der Waals surface area contributed by atoms with Gasteiger partial charge in [0.2, 0.25) is 11.8 Å². The van der Waals surface area contributed by atoms with Crippen molar-refractivity contribution in [3.63, 3.8) is 0 Å². The fourth-order valence-electron chi connectivity index (χ4n) is 1.68.